The molecule has 0 bridgehead atoms. The zero-order valence-electron chi connectivity index (χ0n) is 13.3. The maximum Gasteiger partial charge on any atom is 0.127 e. The molecule has 0 radical (unpaired) electrons. The summed E-state index contributed by atoms with van der Waals surface area (Å²) in [4.78, 5) is 1.96. The van der Waals surface area contributed by atoms with Crippen molar-refractivity contribution in [2.75, 3.05) is 19.7 Å². The van der Waals surface area contributed by atoms with Crippen molar-refractivity contribution in [2.45, 2.75) is 39.4 Å². The Bertz CT molecular complexity index is 455. The molecule has 3 nitrogen and oxygen atoms in total. The molecule has 0 atom stereocenters. The number of hydrogen-bond acceptors (Lipinski definition) is 3. The molecular formula is C17H27FN2O. The van der Waals surface area contributed by atoms with Crippen LogP contribution in [0.15, 0.2) is 30.9 Å². The van der Waals surface area contributed by atoms with Crippen molar-refractivity contribution in [3.8, 4) is 0 Å². The Morgan fingerprint density at radius 3 is 2.67 bits per heavy atom. The summed E-state index contributed by atoms with van der Waals surface area (Å²) < 4.78 is 13.9. The number of aliphatic hydroxyl groups excluding tert-OH is 1. The van der Waals surface area contributed by atoms with Gasteiger partial charge in [-0.3, -0.25) is 4.90 Å². The number of rotatable bonds is 8. The monoisotopic (exact) mass is 294 g/mol. The van der Waals surface area contributed by atoms with Crippen LogP contribution in [-0.4, -0.2) is 35.2 Å². The van der Waals surface area contributed by atoms with Crippen LogP contribution in [0.25, 0.3) is 0 Å². The molecular weight excluding hydrogens is 267 g/mol. The Morgan fingerprint density at radius 2 is 2.10 bits per heavy atom. The van der Waals surface area contributed by atoms with Crippen molar-refractivity contribution in [1.29, 1.82) is 0 Å². The van der Waals surface area contributed by atoms with Crippen LogP contribution in [0.2, 0.25) is 0 Å². The van der Waals surface area contributed by atoms with Gasteiger partial charge < -0.3 is 10.4 Å². The fourth-order valence-corrected chi connectivity index (χ4v) is 2.03. The zero-order chi connectivity index (χ0) is 15.9. The summed E-state index contributed by atoms with van der Waals surface area (Å²) in [5.74, 6) is -0.207. The zero-order valence-corrected chi connectivity index (χ0v) is 13.3. The highest BCUT2D eigenvalue weighted by atomic mass is 19.1. The first-order valence-electron chi connectivity index (χ1n) is 7.32. The molecule has 0 saturated carbocycles. The van der Waals surface area contributed by atoms with Gasteiger partial charge in [0, 0.05) is 37.3 Å². The molecule has 0 aromatic heterocycles. The van der Waals surface area contributed by atoms with Gasteiger partial charge in [0.1, 0.15) is 5.82 Å². The fraction of sp³-hybridized carbons (Fsp3) is 0.529. The average molecular weight is 294 g/mol. The van der Waals surface area contributed by atoms with Crippen molar-refractivity contribution >= 4 is 0 Å². The lowest BCUT2D eigenvalue weighted by atomic mass is 10.1. The summed E-state index contributed by atoms with van der Waals surface area (Å²) in [6.45, 7) is 12.4. The van der Waals surface area contributed by atoms with Gasteiger partial charge in [-0.1, -0.05) is 18.2 Å². The number of aliphatic hydroxyl groups is 1. The second-order valence-corrected chi connectivity index (χ2v) is 6.28. The van der Waals surface area contributed by atoms with E-state index in [4.69, 9.17) is 5.11 Å². The van der Waals surface area contributed by atoms with Gasteiger partial charge in [-0.25, -0.2) is 4.39 Å². The van der Waals surface area contributed by atoms with Gasteiger partial charge >= 0.3 is 0 Å². The standard InChI is InChI=1S/C17H27FN2O/c1-5-8-20(9-10-21)13-15-11-14(6-7-16(15)18)12-19-17(2,3)4/h5-7,11,19,21H,1,8-10,12-13H2,2-4H3. The Kier molecular flexibility index (Phi) is 7.02. The second-order valence-electron chi connectivity index (χ2n) is 6.28. The van der Waals surface area contributed by atoms with E-state index in [1.807, 2.05) is 17.0 Å². The Balaban J connectivity index is 2.78. The largest absolute Gasteiger partial charge is 0.395 e. The Labute approximate surface area is 127 Å². The summed E-state index contributed by atoms with van der Waals surface area (Å²) >= 11 is 0. The third-order valence-corrected chi connectivity index (χ3v) is 3.13. The van der Waals surface area contributed by atoms with Crippen LogP contribution in [-0.2, 0) is 13.1 Å². The number of hydrogen-bond donors (Lipinski definition) is 2. The first-order chi connectivity index (χ1) is 9.85. The molecule has 0 aliphatic carbocycles. The molecule has 0 aliphatic rings. The molecule has 4 heteroatoms. The van der Waals surface area contributed by atoms with Crippen molar-refractivity contribution in [1.82, 2.24) is 10.2 Å². The van der Waals surface area contributed by atoms with Crippen LogP contribution in [0.5, 0.6) is 0 Å². The molecule has 1 aromatic rings. The van der Waals surface area contributed by atoms with Crippen LogP contribution in [0.3, 0.4) is 0 Å². The minimum absolute atomic E-state index is 0.0281. The normalized spacial score (nSPS) is 11.9. The van der Waals surface area contributed by atoms with Crippen molar-refractivity contribution < 1.29 is 9.50 Å². The highest BCUT2D eigenvalue weighted by molar-refractivity contribution is 5.25. The lowest BCUT2D eigenvalue weighted by Gasteiger charge is -2.22. The van der Waals surface area contributed by atoms with Crippen LogP contribution < -0.4 is 5.32 Å². The molecule has 0 fully saturated rings. The summed E-state index contributed by atoms with van der Waals surface area (Å²) in [6.07, 6.45) is 1.76. The molecule has 118 valence electrons. The van der Waals surface area contributed by atoms with Crippen molar-refractivity contribution in [3.63, 3.8) is 0 Å². The predicted octanol–water partition coefficient (Wildman–Crippen LogP) is 2.69. The summed E-state index contributed by atoms with van der Waals surface area (Å²) in [6, 6.07) is 5.21. The maximum atomic E-state index is 13.9. The molecule has 2 N–H and O–H groups in total. The van der Waals surface area contributed by atoms with E-state index < -0.39 is 0 Å². The highest BCUT2D eigenvalue weighted by Gasteiger charge is 2.11. The van der Waals surface area contributed by atoms with Crippen LogP contribution in [0.1, 0.15) is 31.9 Å². The SMILES string of the molecule is C=CCN(CCO)Cc1cc(CNC(C)(C)C)ccc1F. The average Bonchev–Trinajstić information content (AvgIpc) is 2.39. The minimum Gasteiger partial charge on any atom is -0.395 e. The first kappa shape index (κ1) is 17.8. The van der Waals surface area contributed by atoms with Gasteiger partial charge in [-0.2, -0.15) is 0 Å². The number of halogens is 1. The molecule has 21 heavy (non-hydrogen) atoms. The third kappa shape index (κ3) is 6.85. The van der Waals surface area contributed by atoms with Crippen LogP contribution in [0, 0.1) is 5.82 Å². The smallest absolute Gasteiger partial charge is 0.127 e. The molecule has 0 saturated heterocycles. The molecule has 0 aliphatic heterocycles. The van der Waals surface area contributed by atoms with E-state index in [1.165, 1.54) is 6.07 Å². The lowest BCUT2D eigenvalue weighted by Crippen LogP contribution is -2.35. The molecule has 0 amide bonds. The summed E-state index contributed by atoms with van der Waals surface area (Å²) in [5, 5.41) is 12.5. The van der Waals surface area contributed by atoms with Gasteiger partial charge in [0.2, 0.25) is 0 Å². The van der Waals surface area contributed by atoms with Gasteiger partial charge in [0.25, 0.3) is 0 Å². The van der Waals surface area contributed by atoms with E-state index in [-0.39, 0.29) is 18.0 Å². The molecule has 0 unspecified atom stereocenters. The third-order valence-electron chi connectivity index (χ3n) is 3.13. The van der Waals surface area contributed by atoms with Gasteiger partial charge in [-0.15, -0.1) is 6.58 Å². The van der Waals surface area contributed by atoms with Crippen molar-refractivity contribution in [3.05, 3.63) is 47.8 Å². The quantitative estimate of drug-likeness (QED) is 0.724. The predicted molar refractivity (Wildman–Crippen MR) is 85.6 cm³/mol. The lowest BCUT2D eigenvalue weighted by molar-refractivity contribution is 0.202. The van der Waals surface area contributed by atoms with Crippen LogP contribution in [0.4, 0.5) is 4.39 Å². The maximum absolute atomic E-state index is 13.9. The minimum atomic E-state index is -0.207. The topological polar surface area (TPSA) is 35.5 Å². The van der Waals surface area contributed by atoms with Gasteiger partial charge in [0.15, 0.2) is 0 Å². The second kappa shape index (κ2) is 8.27. The summed E-state index contributed by atoms with van der Waals surface area (Å²) in [5.41, 5.74) is 1.74. The van der Waals surface area contributed by atoms with E-state index in [0.29, 0.717) is 31.7 Å². The highest BCUT2D eigenvalue weighted by Crippen LogP contribution is 2.14. The molecule has 1 aromatic carbocycles. The van der Waals surface area contributed by atoms with Crippen LogP contribution >= 0.6 is 0 Å². The van der Waals surface area contributed by atoms with E-state index in [1.54, 1.807) is 6.08 Å². The Hall–Kier alpha value is -1.23. The Morgan fingerprint density at radius 1 is 1.38 bits per heavy atom. The number of nitrogens with one attached hydrogen (secondary N) is 1. The van der Waals surface area contributed by atoms with Gasteiger partial charge in [-0.05, 0) is 32.4 Å². The summed E-state index contributed by atoms with van der Waals surface area (Å²) in [7, 11) is 0. The van der Waals surface area contributed by atoms with E-state index in [0.717, 1.165) is 5.56 Å². The van der Waals surface area contributed by atoms with Gasteiger partial charge in [0.05, 0.1) is 6.61 Å². The molecule has 0 heterocycles. The van der Waals surface area contributed by atoms with E-state index in [2.05, 4.69) is 32.7 Å². The van der Waals surface area contributed by atoms with E-state index in [9.17, 15) is 4.39 Å². The van der Waals surface area contributed by atoms with E-state index >= 15 is 0 Å². The number of nitrogens with zero attached hydrogens (tertiary/aromatic N) is 1. The first-order valence-corrected chi connectivity index (χ1v) is 7.32. The molecule has 1 rings (SSSR count). The number of benzene rings is 1. The molecule has 0 spiro atoms. The van der Waals surface area contributed by atoms with Crippen molar-refractivity contribution in [2.24, 2.45) is 0 Å². The fourth-order valence-electron chi connectivity index (χ4n) is 2.03.